The minimum Gasteiger partial charge on any atom is -0.326 e. The summed E-state index contributed by atoms with van der Waals surface area (Å²) in [6.45, 7) is 2.35. The molecule has 5 nitrogen and oxygen atoms in total. The zero-order valence-electron chi connectivity index (χ0n) is 12.4. The number of para-hydroxylation sites is 2. The van der Waals surface area contributed by atoms with Crippen LogP contribution in [-0.2, 0) is 11.3 Å². The van der Waals surface area contributed by atoms with Crippen molar-refractivity contribution in [3.05, 3.63) is 60.4 Å². The number of nitrogens with two attached hydrogens (primary N) is 1. The van der Waals surface area contributed by atoms with Gasteiger partial charge in [-0.3, -0.25) is 4.79 Å². The van der Waals surface area contributed by atoms with Crippen molar-refractivity contribution in [1.82, 2.24) is 9.55 Å². The second-order valence-electron chi connectivity index (χ2n) is 5.21. The molecule has 3 N–H and O–H groups in total. The highest BCUT2D eigenvalue weighted by Crippen LogP contribution is 2.19. The van der Waals surface area contributed by atoms with E-state index < -0.39 is 0 Å². The zero-order chi connectivity index (χ0) is 15.5. The Balaban J connectivity index is 1.79. The number of fused-ring (bicyclic) bond motifs is 1. The number of aromatic nitrogens is 2. The molecule has 0 aliphatic rings. The largest absolute Gasteiger partial charge is 0.326 e. The van der Waals surface area contributed by atoms with E-state index in [1.54, 1.807) is 6.33 Å². The molecule has 22 heavy (non-hydrogen) atoms. The predicted octanol–water partition coefficient (Wildman–Crippen LogP) is 2.69. The Morgan fingerprint density at radius 3 is 2.68 bits per heavy atom. The van der Waals surface area contributed by atoms with Crippen LogP contribution in [0.2, 0.25) is 0 Å². The number of benzene rings is 2. The van der Waals surface area contributed by atoms with E-state index in [1.807, 2.05) is 60.0 Å². The number of nitrogens with one attached hydrogen (secondary N) is 1. The Kier molecular flexibility index (Phi) is 3.89. The summed E-state index contributed by atoms with van der Waals surface area (Å²) in [6.07, 6.45) is 1.70. The lowest BCUT2D eigenvalue weighted by Gasteiger charge is -2.14. The Labute approximate surface area is 128 Å². The van der Waals surface area contributed by atoms with E-state index in [4.69, 9.17) is 5.73 Å². The normalized spacial score (nSPS) is 12.3. The van der Waals surface area contributed by atoms with Crippen LogP contribution < -0.4 is 11.1 Å². The van der Waals surface area contributed by atoms with E-state index in [2.05, 4.69) is 10.3 Å². The fraction of sp³-hybridized carbons (Fsp3) is 0.176. The van der Waals surface area contributed by atoms with Crippen molar-refractivity contribution in [2.24, 2.45) is 5.73 Å². The highest BCUT2D eigenvalue weighted by atomic mass is 16.2. The smallest absolute Gasteiger partial charge is 0.247 e. The van der Waals surface area contributed by atoms with Gasteiger partial charge in [-0.25, -0.2) is 4.98 Å². The number of carbonyl (C=O) groups is 1. The molecule has 112 valence electrons. The van der Waals surface area contributed by atoms with Gasteiger partial charge in [0.2, 0.25) is 5.91 Å². The van der Waals surface area contributed by atoms with Crippen molar-refractivity contribution in [2.75, 3.05) is 5.32 Å². The molecule has 0 fully saturated rings. The van der Waals surface area contributed by atoms with Crippen LogP contribution in [-0.4, -0.2) is 15.5 Å². The number of nitrogens with zero attached hydrogens (tertiary/aromatic N) is 2. The van der Waals surface area contributed by atoms with Crippen LogP contribution in [0, 0.1) is 0 Å². The van der Waals surface area contributed by atoms with E-state index in [1.165, 1.54) is 0 Å². The van der Waals surface area contributed by atoms with Gasteiger partial charge in [-0.1, -0.05) is 24.3 Å². The third-order valence-electron chi connectivity index (χ3n) is 3.73. The maximum atomic E-state index is 12.4. The molecule has 5 heteroatoms. The topological polar surface area (TPSA) is 72.9 Å². The van der Waals surface area contributed by atoms with Crippen molar-refractivity contribution in [3.8, 4) is 0 Å². The van der Waals surface area contributed by atoms with Crippen LogP contribution in [0.25, 0.3) is 11.0 Å². The zero-order valence-corrected chi connectivity index (χ0v) is 12.4. The predicted molar refractivity (Wildman–Crippen MR) is 87.4 cm³/mol. The van der Waals surface area contributed by atoms with Gasteiger partial charge in [-0.05, 0) is 36.8 Å². The number of imidazole rings is 1. The van der Waals surface area contributed by atoms with E-state index in [-0.39, 0.29) is 11.9 Å². The van der Waals surface area contributed by atoms with Crippen molar-refractivity contribution in [1.29, 1.82) is 0 Å². The second-order valence-corrected chi connectivity index (χ2v) is 5.21. The average Bonchev–Trinajstić information content (AvgIpc) is 2.99. The van der Waals surface area contributed by atoms with Crippen LogP contribution >= 0.6 is 0 Å². The number of rotatable bonds is 4. The molecular weight excluding hydrogens is 276 g/mol. The molecule has 1 heterocycles. The summed E-state index contributed by atoms with van der Waals surface area (Å²) in [4.78, 5) is 16.7. The Morgan fingerprint density at radius 1 is 1.23 bits per heavy atom. The van der Waals surface area contributed by atoms with Crippen LogP contribution in [0.4, 0.5) is 5.69 Å². The first-order valence-electron chi connectivity index (χ1n) is 7.20. The van der Waals surface area contributed by atoms with Crippen molar-refractivity contribution in [2.45, 2.75) is 19.5 Å². The molecular formula is C17H18N4O. The third kappa shape index (κ3) is 2.71. The molecule has 0 aliphatic carbocycles. The number of amides is 1. The maximum Gasteiger partial charge on any atom is 0.247 e. The SMILES string of the molecule is CC(C(=O)Nc1ccc(CN)cc1)n1cnc2ccccc21. The molecule has 0 spiro atoms. The summed E-state index contributed by atoms with van der Waals surface area (Å²) in [5.74, 6) is -0.0800. The van der Waals surface area contributed by atoms with E-state index in [9.17, 15) is 4.79 Å². The standard InChI is InChI=1S/C17H18N4O/c1-12(21-11-19-15-4-2-3-5-16(15)21)17(22)20-14-8-6-13(10-18)7-9-14/h2-9,11-12H,10,18H2,1H3,(H,20,22). The highest BCUT2D eigenvalue weighted by molar-refractivity contribution is 5.94. The summed E-state index contributed by atoms with van der Waals surface area (Å²) in [7, 11) is 0. The van der Waals surface area contributed by atoms with Gasteiger partial charge in [0.1, 0.15) is 6.04 Å². The third-order valence-corrected chi connectivity index (χ3v) is 3.73. The van der Waals surface area contributed by atoms with Gasteiger partial charge < -0.3 is 15.6 Å². The molecule has 0 radical (unpaired) electrons. The summed E-state index contributed by atoms with van der Waals surface area (Å²) in [5.41, 5.74) is 9.20. The molecule has 0 bridgehead atoms. The lowest BCUT2D eigenvalue weighted by Crippen LogP contribution is -2.23. The van der Waals surface area contributed by atoms with Crippen molar-refractivity contribution >= 4 is 22.6 Å². The summed E-state index contributed by atoms with van der Waals surface area (Å²) < 4.78 is 1.87. The van der Waals surface area contributed by atoms with Gasteiger partial charge in [0.25, 0.3) is 0 Å². The van der Waals surface area contributed by atoms with Crippen LogP contribution in [0.1, 0.15) is 18.5 Å². The second kappa shape index (κ2) is 5.99. The van der Waals surface area contributed by atoms with Crippen molar-refractivity contribution < 1.29 is 4.79 Å². The van der Waals surface area contributed by atoms with Gasteiger partial charge in [-0.15, -0.1) is 0 Å². The number of carbonyl (C=O) groups excluding carboxylic acids is 1. The van der Waals surface area contributed by atoms with E-state index in [0.717, 1.165) is 22.3 Å². The van der Waals surface area contributed by atoms with Gasteiger partial charge >= 0.3 is 0 Å². The molecule has 0 aliphatic heterocycles. The molecule has 0 saturated carbocycles. The Hall–Kier alpha value is -2.66. The van der Waals surface area contributed by atoms with Crippen LogP contribution in [0.15, 0.2) is 54.9 Å². The first kappa shape index (κ1) is 14.3. The Bertz CT molecular complexity index is 792. The number of anilines is 1. The molecule has 2 aromatic carbocycles. The molecule has 3 aromatic rings. The molecule has 1 atom stereocenters. The monoisotopic (exact) mass is 294 g/mol. The Morgan fingerprint density at radius 2 is 1.95 bits per heavy atom. The molecule has 1 unspecified atom stereocenters. The minimum absolute atomic E-state index is 0.0800. The van der Waals surface area contributed by atoms with Gasteiger partial charge in [0.05, 0.1) is 17.4 Å². The fourth-order valence-corrected chi connectivity index (χ4v) is 2.38. The first-order valence-corrected chi connectivity index (χ1v) is 7.20. The van der Waals surface area contributed by atoms with Gasteiger partial charge in [0.15, 0.2) is 0 Å². The van der Waals surface area contributed by atoms with Crippen molar-refractivity contribution in [3.63, 3.8) is 0 Å². The molecule has 3 rings (SSSR count). The quantitative estimate of drug-likeness (QED) is 0.777. The van der Waals surface area contributed by atoms with E-state index in [0.29, 0.717) is 6.54 Å². The first-order chi connectivity index (χ1) is 10.7. The van der Waals surface area contributed by atoms with Crippen LogP contribution in [0.5, 0.6) is 0 Å². The van der Waals surface area contributed by atoms with E-state index >= 15 is 0 Å². The lowest BCUT2D eigenvalue weighted by molar-refractivity contribution is -0.118. The maximum absolute atomic E-state index is 12.4. The summed E-state index contributed by atoms with van der Waals surface area (Å²) >= 11 is 0. The van der Waals surface area contributed by atoms with Gasteiger partial charge in [-0.2, -0.15) is 0 Å². The van der Waals surface area contributed by atoms with Gasteiger partial charge in [0, 0.05) is 12.2 Å². The lowest BCUT2D eigenvalue weighted by atomic mass is 10.2. The van der Waals surface area contributed by atoms with Crippen LogP contribution in [0.3, 0.4) is 0 Å². The fourth-order valence-electron chi connectivity index (χ4n) is 2.38. The summed E-state index contributed by atoms with van der Waals surface area (Å²) in [5, 5.41) is 2.92. The number of hydrogen-bond donors (Lipinski definition) is 2. The molecule has 1 aromatic heterocycles. The highest BCUT2D eigenvalue weighted by Gasteiger charge is 2.17. The molecule has 0 saturated heterocycles. The molecule has 1 amide bonds. The number of hydrogen-bond acceptors (Lipinski definition) is 3. The average molecular weight is 294 g/mol. The summed E-state index contributed by atoms with van der Waals surface area (Å²) in [6, 6.07) is 15.0. The minimum atomic E-state index is -0.346.